The second kappa shape index (κ2) is 13.3. The van der Waals surface area contributed by atoms with Gasteiger partial charge >= 0.3 is 6.09 Å². The number of carbonyl (C=O) groups excluding carboxylic acids is 2. The molecule has 4 rings (SSSR count). The lowest BCUT2D eigenvalue weighted by Crippen LogP contribution is -2.39. The van der Waals surface area contributed by atoms with Crippen LogP contribution in [0.25, 0.3) is 22.0 Å². The standard InChI is InChI=1S/C36H47N3O5S/c1-23(2)30-19-28(26-12-15-33-27(18-26)16-17-39(33)35(41)44-36(5,6)7)20-31(24(3)4)32(30)21-34(40)37-45(42,43)29-13-10-25(11-14-29)22-38(8)9/h10-13,15-20,23-24,29H,14,21-22H2,1-9H3,(H,37,40). The van der Waals surface area contributed by atoms with Crippen molar-refractivity contribution < 1.29 is 22.7 Å². The lowest BCUT2D eigenvalue weighted by molar-refractivity contribution is -0.118. The van der Waals surface area contributed by atoms with E-state index in [1.165, 1.54) is 4.57 Å². The molecule has 0 saturated heterocycles. The summed E-state index contributed by atoms with van der Waals surface area (Å²) in [4.78, 5) is 28.1. The molecule has 1 unspecified atom stereocenters. The van der Waals surface area contributed by atoms with E-state index in [1.807, 2.05) is 70.1 Å². The highest BCUT2D eigenvalue weighted by Crippen LogP contribution is 2.35. The molecule has 1 aromatic heterocycles. The summed E-state index contributed by atoms with van der Waals surface area (Å²) in [7, 11) is 0.0411. The molecule has 0 spiro atoms. The number of ether oxygens (including phenoxy) is 1. The minimum atomic E-state index is -3.89. The second-order valence-electron chi connectivity index (χ2n) is 13.8. The van der Waals surface area contributed by atoms with Crippen LogP contribution in [0.2, 0.25) is 0 Å². The predicted octanol–water partition coefficient (Wildman–Crippen LogP) is 7.14. The van der Waals surface area contributed by atoms with Crippen LogP contribution in [0.3, 0.4) is 0 Å². The number of nitrogens with zero attached hydrogens (tertiary/aromatic N) is 2. The first-order chi connectivity index (χ1) is 20.9. The van der Waals surface area contributed by atoms with Crippen LogP contribution >= 0.6 is 0 Å². The van der Waals surface area contributed by atoms with E-state index in [0.29, 0.717) is 6.42 Å². The van der Waals surface area contributed by atoms with Crippen molar-refractivity contribution in [1.82, 2.24) is 14.2 Å². The smallest absolute Gasteiger partial charge is 0.418 e. The first-order valence-corrected chi connectivity index (χ1v) is 17.1. The fourth-order valence-electron chi connectivity index (χ4n) is 5.70. The van der Waals surface area contributed by atoms with Gasteiger partial charge in [0.2, 0.25) is 15.9 Å². The molecule has 242 valence electrons. The van der Waals surface area contributed by atoms with Crippen LogP contribution in [0.1, 0.15) is 83.4 Å². The van der Waals surface area contributed by atoms with Gasteiger partial charge in [-0.2, -0.15) is 0 Å². The molecule has 9 heteroatoms. The molecule has 1 amide bonds. The van der Waals surface area contributed by atoms with Crippen molar-refractivity contribution in [3.63, 3.8) is 0 Å². The Balaban J connectivity index is 1.61. The van der Waals surface area contributed by atoms with Gasteiger partial charge in [0.05, 0.1) is 11.9 Å². The van der Waals surface area contributed by atoms with E-state index in [-0.39, 0.29) is 18.3 Å². The van der Waals surface area contributed by atoms with Gasteiger partial charge < -0.3 is 9.64 Å². The van der Waals surface area contributed by atoms with Crippen molar-refractivity contribution in [3.05, 3.63) is 83.1 Å². The van der Waals surface area contributed by atoms with E-state index < -0.39 is 32.9 Å². The van der Waals surface area contributed by atoms with Crippen molar-refractivity contribution in [2.24, 2.45) is 0 Å². The average molecular weight is 634 g/mol. The van der Waals surface area contributed by atoms with E-state index in [9.17, 15) is 18.0 Å². The summed E-state index contributed by atoms with van der Waals surface area (Å²) >= 11 is 0. The van der Waals surface area contributed by atoms with Crippen molar-refractivity contribution in [1.29, 1.82) is 0 Å². The zero-order valence-corrected chi connectivity index (χ0v) is 28.8. The molecule has 1 heterocycles. The molecular weight excluding hydrogens is 586 g/mol. The normalized spacial score (nSPS) is 15.6. The second-order valence-corrected chi connectivity index (χ2v) is 15.7. The van der Waals surface area contributed by atoms with Crippen LogP contribution in [0.4, 0.5) is 4.79 Å². The number of likely N-dealkylation sites (N-methyl/N-ethyl adjacent to an activating group) is 1. The number of fused-ring (bicyclic) bond motifs is 1. The number of benzene rings is 2. The molecule has 45 heavy (non-hydrogen) atoms. The molecule has 2 aromatic carbocycles. The van der Waals surface area contributed by atoms with Crippen LogP contribution in [-0.2, 0) is 26.0 Å². The third kappa shape index (κ3) is 8.32. The molecule has 0 bridgehead atoms. The van der Waals surface area contributed by atoms with Gasteiger partial charge in [-0.05, 0) is 105 Å². The fourth-order valence-corrected chi connectivity index (χ4v) is 6.88. The minimum absolute atomic E-state index is 0.0313. The largest absolute Gasteiger partial charge is 0.443 e. The zero-order valence-electron chi connectivity index (χ0n) is 28.0. The first-order valence-electron chi connectivity index (χ1n) is 15.5. The summed E-state index contributed by atoms with van der Waals surface area (Å²) in [6.45, 7) is 14.6. The quantitative estimate of drug-likeness (QED) is 0.269. The van der Waals surface area contributed by atoms with E-state index in [0.717, 1.165) is 50.8 Å². The summed E-state index contributed by atoms with van der Waals surface area (Å²) in [5.74, 6) is -0.339. The predicted molar refractivity (Wildman–Crippen MR) is 182 cm³/mol. The average Bonchev–Trinajstić information content (AvgIpc) is 3.35. The maximum atomic E-state index is 13.3. The molecule has 1 atom stereocenters. The maximum Gasteiger partial charge on any atom is 0.418 e. The van der Waals surface area contributed by atoms with E-state index in [4.69, 9.17) is 4.74 Å². The maximum absolute atomic E-state index is 13.3. The number of rotatable bonds is 9. The Hall–Kier alpha value is -3.69. The SMILES string of the molecule is CC(C)c1cc(-c2ccc3c(ccn3C(=O)OC(C)(C)C)c2)cc(C(C)C)c1CC(=O)NS(=O)(=O)C1C=CC(CN(C)C)=CC1. The Kier molecular flexibility index (Phi) is 10.1. The van der Waals surface area contributed by atoms with Crippen molar-refractivity contribution in [2.75, 3.05) is 20.6 Å². The molecule has 0 fully saturated rings. The molecule has 3 aromatic rings. The molecule has 0 radical (unpaired) electrons. The number of carbonyl (C=O) groups is 2. The summed E-state index contributed by atoms with van der Waals surface area (Å²) in [5.41, 5.74) is 6.07. The van der Waals surface area contributed by atoms with E-state index in [2.05, 4.69) is 50.6 Å². The summed E-state index contributed by atoms with van der Waals surface area (Å²) < 4.78 is 35.7. The van der Waals surface area contributed by atoms with Gasteiger partial charge in [0.25, 0.3) is 0 Å². The van der Waals surface area contributed by atoms with Gasteiger partial charge in [-0.25, -0.2) is 13.2 Å². The van der Waals surface area contributed by atoms with Crippen molar-refractivity contribution in [2.45, 2.75) is 84.0 Å². The minimum Gasteiger partial charge on any atom is -0.443 e. The van der Waals surface area contributed by atoms with E-state index in [1.54, 1.807) is 12.3 Å². The Labute approximate surface area is 268 Å². The number of amides is 1. The van der Waals surface area contributed by atoms with Gasteiger partial charge in [0.15, 0.2) is 0 Å². The highest BCUT2D eigenvalue weighted by atomic mass is 32.2. The molecular formula is C36H47N3O5S. The highest BCUT2D eigenvalue weighted by Gasteiger charge is 2.28. The third-order valence-corrected chi connectivity index (χ3v) is 9.46. The number of hydrogen-bond acceptors (Lipinski definition) is 6. The zero-order chi connectivity index (χ0) is 33.3. The summed E-state index contributed by atoms with van der Waals surface area (Å²) in [6.07, 6.45) is 7.01. The molecule has 0 saturated carbocycles. The van der Waals surface area contributed by atoms with Crippen LogP contribution in [0.5, 0.6) is 0 Å². The monoisotopic (exact) mass is 633 g/mol. The summed E-state index contributed by atoms with van der Waals surface area (Å²) in [5, 5.41) is 0.119. The Bertz CT molecular complexity index is 1730. The Morgan fingerprint density at radius 2 is 1.64 bits per heavy atom. The highest BCUT2D eigenvalue weighted by molar-refractivity contribution is 7.90. The number of nitrogens with one attached hydrogen (secondary N) is 1. The van der Waals surface area contributed by atoms with Crippen molar-refractivity contribution >= 4 is 32.9 Å². The van der Waals surface area contributed by atoms with Gasteiger partial charge in [-0.3, -0.25) is 14.1 Å². The first kappa shape index (κ1) is 34.2. The number of sulfonamides is 1. The van der Waals surface area contributed by atoms with Crippen LogP contribution < -0.4 is 4.72 Å². The van der Waals surface area contributed by atoms with Gasteiger partial charge in [-0.15, -0.1) is 0 Å². The van der Waals surface area contributed by atoms with E-state index >= 15 is 0 Å². The van der Waals surface area contributed by atoms with Crippen LogP contribution in [0, 0.1) is 0 Å². The molecule has 1 aliphatic rings. The number of allylic oxidation sites excluding steroid dienone is 1. The number of aromatic nitrogens is 1. The third-order valence-electron chi connectivity index (χ3n) is 7.80. The Morgan fingerprint density at radius 1 is 1.00 bits per heavy atom. The molecule has 1 N–H and O–H groups in total. The molecule has 0 aliphatic heterocycles. The van der Waals surface area contributed by atoms with Gasteiger partial charge in [-0.1, -0.05) is 64.1 Å². The molecule has 1 aliphatic carbocycles. The lowest BCUT2D eigenvalue weighted by atomic mass is 9.84. The van der Waals surface area contributed by atoms with Crippen LogP contribution in [0.15, 0.2) is 66.4 Å². The Morgan fingerprint density at radius 3 is 2.18 bits per heavy atom. The van der Waals surface area contributed by atoms with Gasteiger partial charge in [0, 0.05) is 18.1 Å². The fraction of sp³-hybridized carbons (Fsp3) is 0.444. The van der Waals surface area contributed by atoms with Crippen LogP contribution in [-0.4, -0.2) is 61.4 Å². The number of hydrogen-bond donors (Lipinski definition) is 1. The summed E-state index contributed by atoms with van der Waals surface area (Å²) in [6, 6.07) is 12.1. The topological polar surface area (TPSA) is 97.7 Å². The van der Waals surface area contributed by atoms with Crippen molar-refractivity contribution in [3.8, 4) is 11.1 Å². The lowest BCUT2D eigenvalue weighted by Gasteiger charge is -2.23. The van der Waals surface area contributed by atoms with Gasteiger partial charge in [0.1, 0.15) is 10.9 Å². The molecule has 8 nitrogen and oxygen atoms in total.